The highest BCUT2D eigenvalue weighted by Crippen LogP contribution is 2.26. The van der Waals surface area contributed by atoms with Gasteiger partial charge in [0.05, 0.1) is 60.0 Å². The van der Waals surface area contributed by atoms with E-state index in [0.717, 1.165) is 32.1 Å². The van der Waals surface area contributed by atoms with Gasteiger partial charge in [0.2, 0.25) is 0 Å². The zero-order valence-electron chi connectivity index (χ0n) is 24.9. The molecule has 0 amide bonds. The first-order chi connectivity index (χ1) is 19.2. The van der Waals surface area contributed by atoms with E-state index in [1.165, 1.54) is 70.6 Å². The lowest BCUT2D eigenvalue weighted by molar-refractivity contribution is -0.194. The van der Waals surface area contributed by atoms with Crippen LogP contribution in [0.25, 0.3) is 0 Å². The molecule has 220 valence electrons. The number of hydrogen-bond acceptors (Lipinski definition) is 9. The molecule has 0 radical (unpaired) electrons. The summed E-state index contributed by atoms with van der Waals surface area (Å²) < 4.78 is 0. The first-order valence-electron chi connectivity index (χ1n) is 14.9. The first-order valence-corrected chi connectivity index (χ1v) is 14.9. The molecular weight excluding hydrogens is 502 g/mol. The van der Waals surface area contributed by atoms with Crippen molar-refractivity contribution in [2.45, 2.75) is 52.5 Å². The summed E-state index contributed by atoms with van der Waals surface area (Å²) in [5.41, 5.74) is 3.62. The Morgan fingerprint density at radius 2 is 1.02 bits per heavy atom. The maximum atomic E-state index is 10.1. The molecular formula is C31H49N7O2. The number of aromatic hydroxyl groups is 2. The molecule has 6 bridgehead atoms. The summed E-state index contributed by atoms with van der Waals surface area (Å²) in [7, 11) is 0. The van der Waals surface area contributed by atoms with E-state index in [2.05, 4.69) is 68.1 Å². The van der Waals surface area contributed by atoms with Gasteiger partial charge in [0.15, 0.2) is 0 Å². The number of phenols is 2. The second-order valence-electron chi connectivity index (χ2n) is 12.7. The predicted molar refractivity (Wildman–Crippen MR) is 159 cm³/mol. The van der Waals surface area contributed by atoms with Crippen molar-refractivity contribution in [1.29, 1.82) is 0 Å². The summed E-state index contributed by atoms with van der Waals surface area (Å²) >= 11 is 0. The van der Waals surface area contributed by atoms with Gasteiger partial charge in [-0.1, -0.05) is 52.0 Å². The molecule has 2 aromatic rings. The Bertz CT molecular complexity index is 1030. The highest BCUT2D eigenvalue weighted by Gasteiger charge is 2.36. The second kappa shape index (κ2) is 13.2. The lowest BCUT2D eigenvalue weighted by atomic mass is 10.00. The summed E-state index contributed by atoms with van der Waals surface area (Å²) in [6.45, 7) is 22.1. The highest BCUT2D eigenvalue weighted by atomic mass is 16.3. The van der Waals surface area contributed by atoms with E-state index in [0.29, 0.717) is 23.3 Å². The molecule has 0 aliphatic carbocycles. The Morgan fingerprint density at radius 1 is 0.575 bits per heavy atom. The van der Waals surface area contributed by atoms with Gasteiger partial charge in [-0.2, -0.15) is 0 Å². The Kier molecular flexibility index (Phi) is 9.63. The molecule has 2 atom stereocenters. The fourth-order valence-electron chi connectivity index (χ4n) is 6.31. The fraction of sp³-hybridized carbons (Fsp3) is 0.613. The van der Waals surface area contributed by atoms with Crippen LogP contribution in [0, 0.1) is 0 Å². The third-order valence-electron chi connectivity index (χ3n) is 8.27. The number of fused-ring (bicyclic) bond motifs is 2. The molecule has 6 aliphatic heterocycles. The average Bonchev–Trinajstić information content (AvgIpc) is 2.90. The third-order valence-corrected chi connectivity index (χ3v) is 8.27. The van der Waals surface area contributed by atoms with Gasteiger partial charge in [0, 0.05) is 25.2 Å². The van der Waals surface area contributed by atoms with Crippen LogP contribution in [0.5, 0.6) is 11.5 Å². The van der Waals surface area contributed by atoms with Crippen LogP contribution in [0.1, 0.15) is 62.6 Å². The summed E-state index contributed by atoms with van der Waals surface area (Å²) in [4.78, 5) is 17.3. The Balaban J connectivity index is 0.000000134. The minimum atomic E-state index is 0.337. The normalized spacial score (nSPS) is 30.4. The van der Waals surface area contributed by atoms with E-state index in [9.17, 15) is 5.11 Å². The molecule has 2 unspecified atom stereocenters. The van der Waals surface area contributed by atoms with Crippen molar-refractivity contribution in [3.63, 3.8) is 0 Å². The third kappa shape index (κ3) is 7.73. The summed E-state index contributed by atoms with van der Waals surface area (Å²) in [6, 6.07) is 13.4. The van der Waals surface area contributed by atoms with Crippen LogP contribution in [0.3, 0.4) is 0 Å². The number of phenolic OH excluding ortho intramolecular Hbond substituents is 2. The zero-order valence-corrected chi connectivity index (χ0v) is 24.9. The molecule has 0 saturated carbocycles. The monoisotopic (exact) mass is 551 g/mol. The molecule has 40 heavy (non-hydrogen) atoms. The minimum Gasteiger partial charge on any atom is -0.508 e. The van der Waals surface area contributed by atoms with E-state index < -0.39 is 0 Å². The van der Waals surface area contributed by atoms with Crippen molar-refractivity contribution in [3.8, 4) is 11.5 Å². The van der Waals surface area contributed by atoms with Crippen LogP contribution in [0.4, 0.5) is 0 Å². The second-order valence-corrected chi connectivity index (χ2v) is 12.7. The first kappa shape index (κ1) is 29.3. The molecule has 0 spiro atoms. The summed E-state index contributed by atoms with van der Waals surface area (Å²) in [5, 5.41) is 19.0. The lowest BCUT2D eigenvalue weighted by Crippen LogP contribution is -2.71. The van der Waals surface area contributed by atoms with Gasteiger partial charge in [0.1, 0.15) is 11.5 Å². The van der Waals surface area contributed by atoms with Crippen molar-refractivity contribution in [2.75, 3.05) is 73.1 Å². The molecule has 2 N–H and O–H groups in total. The molecule has 0 aromatic heterocycles. The van der Waals surface area contributed by atoms with Gasteiger partial charge in [-0.25, -0.2) is 0 Å². The van der Waals surface area contributed by atoms with Gasteiger partial charge >= 0.3 is 0 Å². The zero-order chi connectivity index (χ0) is 28.2. The summed E-state index contributed by atoms with van der Waals surface area (Å²) in [6.07, 6.45) is 1.28. The maximum absolute atomic E-state index is 10.1. The smallest absolute Gasteiger partial charge is 0.120 e. The number of nitrogens with zero attached hydrogens (tertiary/aromatic N) is 7. The van der Waals surface area contributed by atoms with Crippen LogP contribution in [0.15, 0.2) is 42.5 Å². The van der Waals surface area contributed by atoms with Gasteiger partial charge in [-0.3, -0.25) is 34.3 Å². The minimum absolute atomic E-state index is 0.337. The van der Waals surface area contributed by atoms with Crippen molar-refractivity contribution >= 4 is 0 Å². The Labute approximate surface area is 240 Å². The topological polar surface area (TPSA) is 63.1 Å². The predicted octanol–water partition coefficient (Wildman–Crippen LogP) is 3.71. The van der Waals surface area contributed by atoms with Gasteiger partial charge in [-0.15, -0.1) is 0 Å². The molecule has 6 saturated heterocycles. The van der Waals surface area contributed by atoms with E-state index >= 15 is 0 Å². The Hall–Kier alpha value is -2.24. The maximum Gasteiger partial charge on any atom is 0.120 e. The van der Waals surface area contributed by atoms with E-state index in [-0.39, 0.29) is 0 Å². The number of benzene rings is 2. The van der Waals surface area contributed by atoms with E-state index in [1.807, 2.05) is 24.3 Å². The van der Waals surface area contributed by atoms with Gasteiger partial charge in [-0.05, 0) is 47.6 Å². The van der Waals surface area contributed by atoms with Crippen LogP contribution in [0.2, 0.25) is 0 Å². The standard InChI is InChI=1S/C16H25N3O.C9H12O.C6H12N4/c1-13(2)14-4-5-16(20)15(8-14)9-19-11-17-6-3-7-18(10-17)12-19;1-7(2)8-3-5-9(10)6-4-8;1-7-2-9-4-8(1)5-10(3-7)6-9/h4-5,8,13,20H,3,6-7,9-12H2,1-2H3;3-7,10H,1-2H3;1-6H2. The highest BCUT2D eigenvalue weighted by molar-refractivity contribution is 5.37. The molecule has 8 rings (SSSR count). The van der Waals surface area contributed by atoms with E-state index in [1.54, 1.807) is 12.1 Å². The van der Waals surface area contributed by atoms with Gasteiger partial charge < -0.3 is 10.2 Å². The number of hydrogen-bond donors (Lipinski definition) is 2. The molecule has 6 heterocycles. The van der Waals surface area contributed by atoms with E-state index in [4.69, 9.17) is 5.11 Å². The van der Waals surface area contributed by atoms with Crippen LogP contribution in [-0.4, -0.2) is 118 Å². The van der Waals surface area contributed by atoms with Gasteiger partial charge in [0.25, 0.3) is 0 Å². The molecule has 6 fully saturated rings. The molecule has 2 aromatic carbocycles. The average molecular weight is 552 g/mol. The van der Waals surface area contributed by atoms with Crippen molar-refractivity contribution < 1.29 is 10.2 Å². The molecule has 9 heteroatoms. The van der Waals surface area contributed by atoms with Crippen LogP contribution in [-0.2, 0) is 6.54 Å². The quantitative estimate of drug-likeness (QED) is 0.592. The lowest BCUT2D eigenvalue weighted by Gasteiger charge is -2.56. The van der Waals surface area contributed by atoms with Crippen molar-refractivity contribution in [3.05, 3.63) is 59.2 Å². The largest absolute Gasteiger partial charge is 0.508 e. The Morgan fingerprint density at radius 3 is 1.50 bits per heavy atom. The SMILES string of the molecule is C1N2CN3CN1CN(C2)C3.CC(C)c1ccc(O)c(CN2CN3CCCN(C3)C2)c1.CC(C)c1ccc(O)cc1. The number of rotatable bonds is 4. The van der Waals surface area contributed by atoms with Crippen molar-refractivity contribution in [1.82, 2.24) is 34.3 Å². The van der Waals surface area contributed by atoms with Crippen LogP contribution < -0.4 is 0 Å². The molecule has 9 nitrogen and oxygen atoms in total. The summed E-state index contributed by atoms with van der Waals surface area (Å²) in [5.74, 6) is 1.81. The molecule has 6 aliphatic rings. The van der Waals surface area contributed by atoms with Crippen LogP contribution >= 0.6 is 0 Å². The van der Waals surface area contributed by atoms with Crippen molar-refractivity contribution in [2.24, 2.45) is 0 Å². The fourth-order valence-corrected chi connectivity index (χ4v) is 6.31.